The van der Waals surface area contributed by atoms with Crippen LogP contribution in [0.25, 0.3) is 99.5 Å². The molecule has 0 nitrogen and oxygen atoms in total. The van der Waals surface area contributed by atoms with E-state index in [4.69, 9.17) is 0 Å². The predicted octanol–water partition coefficient (Wildman–Crippen LogP) is 17.0. The molecule has 2 aliphatic rings. The van der Waals surface area contributed by atoms with E-state index in [-0.39, 0.29) is 0 Å². The van der Waals surface area contributed by atoms with E-state index in [1.807, 2.05) is 45.8 Å². The van der Waals surface area contributed by atoms with E-state index in [1.165, 1.54) is 115 Å². The van der Waals surface area contributed by atoms with Crippen LogP contribution in [0.4, 0.5) is 0 Å². The van der Waals surface area contributed by atoms with Crippen molar-refractivity contribution in [2.45, 2.75) is 16.1 Å². The lowest BCUT2D eigenvalue weighted by Gasteiger charge is -2.19. The minimum absolute atomic E-state index is 0.363. The van der Waals surface area contributed by atoms with Gasteiger partial charge in [0, 0.05) is 67.2 Å². The monoisotopic (exact) mass is 808 g/mol. The Kier molecular flexibility index (Phi) is 7.38. The molecule has 1 aliphatic carbocycles. The molecule has 13 rings (SSSR count). The molecule has 272 valence electrons. The van der Waals surface area contributed by atoms with Gasteiger partial charge < -0.3 is 0 Å². The highest BCUT2D eigenvalue weighted by atomic mass is 32.2. The molecule has 11 aromatic rings. The first kappa shape index (κ1) is 33.2. The molecule has 0 amide bonds. The van der Waals surface area contributed by atoms with Crippen molar-refractivity contribution in [1.29, 1.82) is 0 Å². The van der Waals surface area contributed by atoms with Gasteiger partial charge in [0.15, 0.2) is 0 Å². The molecule has 0 saturated carbocycles. The smallest absolute Gasteiger partial charge is 0.0534 e. The van der Waals surface area contributed by atoms with Crippen LogP contribution in [0.1, 0.15) is 17.0 Å². The number of hydrogen-bond acceptors (Lipinski definition) is 4. The second-order valence-corrected chi connectivity index (χ2v) is 19.9. The summed E-state index contributed by atoms with van der Waals surface area (Å²) < 4.78 is 8.28. The van der Waals surface area contributed by atoms with E-state index < -0.39 is 0 Å². The summed E-state index contributed by atoms with van der Waals surface area (Å²) in [6, 6.07) is 61.1. The molecule has 8 aromatic carbocycles. The van der Waals surface area contributed by atoms with Crippen LogP contribution in [0.5, 0.6) is 0 Å². The Morgan fingerprint density at radius 1 is 0.362 bits per heavy atom. The van der Waals surface area contributed by atoms with Crippen molar-refractivity contribution in [2.75, 3.05) is 0 Å². The Labute approximate surface area is 352 Å². The number of rotatable bonds is 4. The topological polar surface area (TPSA) is 0 Å². The average Bonchev–Trinajstić information content (AvgIpc) is 4.06. The zero-order chi connectivity index (χ0) is 37.9. The lowest BCUT2D eigenvalue weighted by molar-refractivity contribution is 0.887. The van der Waals surface area contributed by atoms with Gasteiger partial charge in [-0.1, -0.05) is 140 Å². The minimum Gasteiger partial charge on any atom is -0.134 e. The summed E-state index contributed by atoms with van der Waals surface area (Å²) in [5.74, 6) is 0.363. The van der Waals surface area contributed by atoms with E-state index in [2.05, 4.69) is 182 Å². The van der Waals surface area contributed by atoms with E-state index in [9.17, 15) is 0 Å². The second kappa shape index (κ2) is 12.9. The predicted molar refractivity (Wildman–Crippen MR) is 257 cm³/mol. The van der Waals surface area contributed by atoms with Gasteiger partial charge in [0.05, 0.1) is 9.40 Å². The van der Waals surface area contributed by atoms with Gasteiger partial charge in [-0.25, -0.2) is 0 Å². The molecule has 0 N–H and O–H groups in total. The third-order valence-electron chi connectivity index (χ3n) is 12.2. The maximum atomic E-state index is 2.53. The summed E-state index contributed by atoms with van der Waals surface area (Å²) >= 11 is 7.86. The molecule has 0 saturated heterocycles. The fraction of sp³-hybridized carbons (Fsp3) is 0.0370. The number of thioether (sulfide) groups is 1. The van der Waals surface area contributed by atoms with Gasteiger partial charge in [-0.3, -0.25) is 0 Å². The summed E-state index contributed by atoms with van der Waals surface area (Å²) in [4.78, 5) is 1.46. The molecule has 3 aromatic heterocycles. The summed E-state index contributed by atoms with van der Waals surface area (Å²) in [5, 5.41) is 8.56. The average molecular weight is 809 g/mol. The molecule has 2 atom stereocenters. The first-order chi connectivity index (χ1) is 28.7. The van der Waals surface area contributed by atoms with E-state index in [1.54, 1.807) is 0 Å². The Hall–Kier alpha value is -5.75. The lowest BCUT2D eigenvalue weighted by atomic mass is 9.86. The Morgan fingerprint density at radius 2 is 0.845 bits per heavy atom. The van der Waals surface area contributed by atoms with Crippen molar-refractivity contribution < 1.29 is 0 Å². The highest BCUT2D eigenvalue weighted by molar-refractivity contribution is 8.00. The second-order valence-electron chi connectivity index (χ2n) is 15.5. The number of allylic oxidation sites excluding steroid dienone is 3. The summed E-state index contributed by atoms with van der Waals surface area (Å²) in [7, 11) is 0. The molecule has 0 radical (unpaired) electrons. The lowest BCUT2D eigenvalue weighted by Crippen LogP contribution is -2.08. The van der Waals surface area contributed by atoms with Crippen molar-refractivity contribution in [1.82, 2.24) is 0 Å². The van der Waals surface area contributed by atoms with E-state index in [0.717, 1.165) is 0 Å². The standard InChI is InChI=1S/C54H32S4/c1-3-8-31(9-4-1)35-14-22-47-43(27-35)39-18-20-41-45-29-37(16-24-49(45)57-53(41)51(39)55-47)33-12-7-13-34(26-33)38-17-25-50-46(30-38)42-21-19-40-44-28-36(32-10-5-2-6-11-32)15-23-48(44)56-52(40)54(42)58-50/h1-30,45,49H. The Morgan fingerprint density at radius 3 is 1.45 bits per heavy atom. The summed E-state index contributed by atoms with van der Waals surface area (Å²) in [6.07, 6.45) is 7.34. The number of hydrogen-bond donors (Lipinski definition) is 0. The van der Waals surface area contributed by atoms with Crippen LogP contribution < -0.4 is 0 Å². The van der Waals surface area contributed by atoms with Gasteiger partial charge in [0.25, 0.3) is 0 Å². The van der Waals surface area contributed by atoms with Gasteiger partial charge in [-0.15, -0.1) is 45.8 Å². The van der Waals surface area contributed by atoms with Crippen molar-refractivity contribution in [2.24, 2.45) is 0 Å². The van der Waals surface area contributed by atoms with Crippen molar-refractivity contribution >= 4 is 112 Å². The summed E-state index contributed by atoms with van der Waals surface area (Å²) in [5.41, 5.74) is 11.7. The Balaban J connectivity index is 0.842. The quantitative estimate of drug-likeness (QED) is 0.171. The molecule has 2 unspecified atom stereocenters. The molecule has 0 fully saturated rings. The van der Waals surface area contributed by atoms with Crippen LogP contribution >= 0.6 is 45.8 Å². The normalized spacial score (nSPS) is 16.2. The van der Waals surface area contributed by atoms with Crippen LogP contribution in [0.15, 0.2) is 187 Å². The number of benzene rings is 8. The fourth-order valence-corrected chi connectivity index (χ4v) is 14.6. The van der Waals surface area contributed by atoms with Crippen LogP contribution in [-0.4, -0.2) is 5.25 Å². The summed E-state index contributed by atoms with van der Waals surface area (Å²) in [6.45, 7) is 0. The molecule has 0 bridgehead atoms. The first-order valence-corrected chi connectivity index (χ1v) is 23.1. The highest BCUT2D eigenvalue weighted by Gasteiger charge is 2.34. The van der Waals surface area contributed by atoms with Crippen LogP contribution in [0.2, 0.25) is 0 Å². The number of thiophene rings is 3. The molecule has 0 spiro atoms. The van der Waals surface area contributed by atoms with Gasteiger partial charge in [0.2, 0.25) is 0 Å². The molecular formula is C54H32S4. The molecule has 4 heteroatoms. The van der Waals surface area contributed by atoms with Crippen molar-refractivity contribution in [3.05, 3.63) is 193 Å². The molecular weight excluding hydrogens is 777 g/mol. The third-order valence-corrected chi connectivity index (χ3v) is 17.5. The van der Waals surface area contributed by atoms with E-state index in [0.29, 0.717) is 11.2 Å². The van der Waals surface area contributed by atoms with Crippen molar-refractivity contribution in [3.8, 4) is 33.4 Å². The SMILES string of the molecule is C1=CC2Sc3c(ccc4c3sc3ccc(-c5ccccc5)cc34)C2C=C1c1cccc(-c2ccc3sc4c(ccc5c6cc(-c7ccccc7)ccc6sc54)c3c2)c1. The first-order valence-electron chi connectivity index (χ1n) is 19.8. The third kappa shape index (κ3) is 5.12. The number of fused-ring (bicyclic) bond motifs is 14. The highest BCUT2D eigenvalue weighted by Crippen LogP contribution is 2.55. The van der Waals surface area contributed by atoms with Gasteiger partial charge in [0.1, 0.15) is 0 Å². The maximum Gasteiger partial charge on any atom is 0.0534 e. The fourth-order valence-electron chi connectivity index (χ4n) is 9.33. The van der Waals surface area contributed by atoms with Crippen LogP contribution in [0, 0.1) is 0 Å². The van der Waals surface area contributed by atoms with Gasteiger partial charge >= 0.3 is 0 Å². The zero-order valence-electron chi connectivity index (χ0n) is 31.1. The largest absolute Gasteiger partial charge is 0.134 e. The minimum atomic E-state index is 0.363. The Bertz CT molecular complexity index is 3540. The van der Waals surface area contributed by atoms with Gasteiger partial charge in [-0.2, -0.15) is 0 Å². The van der Waals surface area contributed by atoms with E-state index >= 15 is 0 Å². The molecule has 1 aliphatic heterocycles. The molecule has 4 heterocycles. The van der Waals surface area contributed by atoms with Gasteiger partial charge in [-0.05, 0) is 92.5 Å². The van der Waals surface area contributed by atoms with Crippen molar-refractivity contribution in [3.63, 3.8) is 0 Å². The van der Waals surface area contributed by atoms with Crippen LogP contribution in [-0.2, 0) is 0 Å². The maximum absolute atomic E-state index is 2.53. The zero-order valence-corrected chi connectivity index (χ0v) is 34.4. The molecule has 58 heavy (non-hydrogen) atoms. The van der Waals surface area contributed by atoms with Crippen LogP contribution in [0.3, 0.4) is 0 Å².